The standard InChI is InChI=1S/C14H15FN2O2S/c1-2-17(14-6-4-3-5-13(14)15)20(18,19)12-9-7-11(16)8-10-12/h3-10H,2,16H2,1H3. The SMILES string of the molecule is CCN(c1ccccc1F)S(=O)(=O)c1ccc(N)cc1. The Kier molecular flexibility index (Phi) is 3.94. The van der Waals surface area contributed by atoms with Crippen LogP contribution in [0.25, 0.3) is 0 Å². The summed E-state index contributed by atoms with van der Waals surface area (Å²) < 4.78 is 39.9. The van der Waals surface area contributed by atoms with Crippen molar-refractivity contribution in [1.29, 1.82) is 0 Å². The summed E-state index contributed by atoms with van der Waals surface area (Å²) in [5.74, 6) is -0.576. The molecule has 106 valence electrons. The van der Waals surface area contributed by atoms with Crippen molar-refractivity contribution in [2.75, 3.05) is 16.6 Å². The third-order valence-electron chi connectivity index (χ3n) is 2.88. The van der Waals surface area contributed by atoms with Gasteiger partial charge in [0.15, 0.2) is 0 Å². The first-order valence-electron chi connectivity index (χ1n) is 6.09. The summed E-state index contributed by atoms with van der Waals surface area (Å²) in [5.41, 5.74) is 6.05. The first-order valence-corrected chi connectivity index (χ1v) is 7.53. The molecule has 4 nitrogen and oxygen atoms in total. The number of rotatable bonds is 4. The van der Waals surface area contributed by atoms with Crippen LogP contribution < -0.4 is 10.0 Å². The highest BCUT2D eigenvalue weighted by Crippen LogP contribution is 2.26. The van der Waals surface area contributed by atoms with Gasteiger partial charge in [-0.05, 0) is 43.3 Å². The van der Waals surface area contributed by atoms with Gasteiger partial charge < -0.3 is 5.73 Å². The molecule has 0 saturated carbocycles. The lowest BCUT2D eigenvalue weighted by Gasteiger charge is -2.23. The predicted octanol–water partition coefficient (Wildman–Crippen LogP) is 2.62. The molecule has 20 heavy (non-hydrogen) atoms. The van der Waals surface area contributed by atoms with Gasteiger partial charge in [-0.2, -0.15) is 0 Å². The van der Waals surface area contributed by atoms with E-state index < -0.39 is 15.8 Å². The summed E-state index contributed by atoms with van der Waals surface area (Å²) in [4.78, 5) is 0.0804. The molecule has 2 rings (SSSR count). The Morgan fingerprint density at radius 2 is 1.70 bits per heavy atom. The third kappa shape index (κ3) is 2.60. The molecular formula is C14H15FN2O2S. The third-order valence-corrected chi connectivity index (χ3v) is 4.78. The highest BCUT2D eigenvalue weighted by molar-refractivity contribution is 7.92. The summed E-state index contributed by atoms with van der Waals surface area (Å²) in [6.45, 7) is 1.79. The molecule has 2 N–H and O–H groups in total. The van der Waals surface area contributed by atoms with Crippen LogP contribution in [0.1, 0.15) is 6.92 Å². The minimum absolute atomic E-state index is 0.0341. The highest BCUT2D eigenvalue weighted by Gasteiger charge is 2.25. The number of hydrogen-bond donors (Lipinski definition) is 1. The van der Waals surface area contributed by atoms with Gasteiger partial charge in [-0.25, -0.2) is 12.8 Å². The maximum atomic E-state index is 13.8. The van der Waals surface area contributed by atoms with Crippen molar-refractivity contribution in [2.24, 2.45) is 0 Å². The van der Waals surface area contributed by atoms with E-state index in [1.54, 1.807) is 13.0 Å². The second kappa shape index (κ2) is 5.50. The van der Waals surface area contributed by atoms with E-state index in [-0.39, 0.29) is 17.1 Å². The quantitative estimate of drug-likeness (QED) is 0.882. The summed E-state index contributed by atoms with van der Waals surface area (Å²) in [5, 5.41) is 0. The molecule has 0 heterocycles. The van der Waals surface area contributed by atoms with E-state index in [9.17, 15) is 12.8 Å². The van der Waals surface area contributed by atoms with Crippen molar-refractivity contribution < 1.29 is 12.8 Å². The molecule has 0 bridgehead atoms. The molecule has 0 unspecified atom stereocenters. The summed E-state index contributed by atoms with van der Waals surface area (Å²) in [6, 6.07) is 11.6. The van der Waals surface area contributed by atoms with Crippen LogP contribution in [-0.4, -0.2) is 15.0 Å². The molecular weight excluding hydrogens is 279 g/mol. The normalized spacial score (nSPS) is 11.3. The van der Waals surface area contributed by atoms with E-state index in [0.717, 1.165) is 4.31 Å². The molecule has 2 aromatic carbocycles. The molecule has 0 spiro atoms. The second-order valence-electron chi connectivity index (χ2n) is 4.19. The van der Waals surface area contributed by atoms with Crippen LogP contribution in [0.4, 0.5) is 15.8 Å². The maximum absolute atomic E-state index is 13.8. The van der Waals surface area contributed by atoms with Gasteiger partial charge in [0.05, 0.1) is 10.6 Å². The largest absolute Gasteiger partial charge is 0.399 e. The highest BCUT2D eigenvalue weighted by atomic mass is 32.2. The average Bonchev–Trinajstić information content (AvgIpc) is 2.42. The Morgan fingerprint density at radius 3 is 2.25 bits per heavy atom. The lowest BCUT2D eigenvalue weighted by Crippen LogP contribution is -2.31. The monoisotopic (exact) mass is 294 g/mol. The number of sulfonamides is 1. The van der Waals surface area contributed by atoms with E-state index in [0.29, 0.717) is 5.69 Å². The zero-order chi connectivity index (χ0) is 14.8. The molecule has 0 radical (unpaired) electrons. The molecule has 0 aliphatic carbocycles. The molecule has 0 aromatic heterocycles. The first-order chi connectivity index (χ1) is 9.46. The Hall–Kier alpha value is -2.08. The Labute approximate surface area is 117 Å². The molecule has 0 amide bonds. The van der Waals surface area contributed by atoms with Crippen LogP contribution in [-0.2, 0) is 10.0 Å². The minimum atomic E-state index is -3.81. The zero-order valence-corrected chi connectivity index (χ0v) is 11.8. The number of anilines is 2. The van der Waals surface area contributed by atoms with Gasteiger partial charge in [-0.3, -0.25) is 4.31 Å². The van der Waals surface area contributed by atoms with Crippen LogP contribution in [0.2, 0.25) is 0 Å². The van der Waals surface area contributed by atoms with Crippen molar-refractivity contribution >= 4 is 21.4 Å². The van der Waals surface area contributed by atoms with Gasteiger partial charge in [-0.1, -0.05) is 12.1 Å². The van der Waals surface area contributed by atoms with Crippen LogP contribution >= 0.6 is 0 Å². The van der Waals surface area contributed by atoms with E-state index >= 15 is 0 Å². The van der Waals surface area contributed by atoms with Gasteiger partial charge >= 0.3 is 0 Å². The van der Waals surface area contributed by atoms with Crippen molar-refractivity contribution in [2.45, 2.75) is 11.8 Å². The topological polar surface area (TPSA) is 63.4 Å². The van der Waals surface area contributed by atoms with Gasteiger partial charge in [-0.15, -0.1) is 0 Å². The number of halogens is 1. The predicted molar refractivity (Wildman–Crippen MR) is 77.5 cm³/mol. The van der Waals surface area contributed by atoms with Crippen LogP contribution in [0.15, 0.2) is 53.4 Å². The lowest BCUT2D eigenvalue weighted by molar-refractivity contribution is 0.586. The number of nitrogens with zero attached hydrogens (tertiary/aromatic N) is 1. The Morgan fingerprint density at radius 1 is 1.10 bits per heavy atom. The first kappa shape index (κ1) is 14.3. The van der Waals surface area contributed by atoms with Gasteiger partial charge in [0.25, 0.3) is 10.0 Å². The molecule has 0 aliphatic rings. The van der Waals surface area contributed by atoms with Gasteiger partial charge in [0.2, 0.25) is 0 Å². The van der Waals surface area contributed by atoms with Crippen molar-refractivity contribution in [3.8, 4) is 0 Å². The molecule has 6 heteroatoms. The fourth-order valence-electron chi connectivity index (χ4n) is 1.89. The summed E-state index contributed by atoms with van der Waals surface area (Å²) in [6.07, 6.45) is 0. The summed E-state index contributed by atoms with van der Waals surface area (Å²) >= 11 is 0. The Balaban J connectivity index is 2.51. The van der Waals surface area contributed by atoms with E-state index in [1.165, 1.54) is 42.5 Å². The molecule has 0 atom stereocenters. The number of hydrogen-bond acceptors (Lipinski definition) is 3. The van der Waals surface area contributed by atoms with Crippen molar-refractivity contribution in [1.82, 2.24) is 0 Å². The fourth-order valence-corrected chi connectivity index (χ4v) is 3.37. The number of benzene rings is 2. The van der Waals surface area contributed by atoms with Gasteiger partial charge in [0, 0.05) is 12.2 Å². The number of para-hydroxylation sites is 1. The van der Waals surface area contributed by atoms with Crippen LogP contribution in [0.3, 0.4) is 0 Å². The minimum Gasteiger partial charge on any atom is -0.399 e. The molecule has 2 aromatic rings. The van der Waals surface area contributed by atoms with Crippen LogP contribution in [0.5, 0.6) is 0 Å². The average molecular weight is 294 g/mol. The number of nitrogens with two attached hydrogens (primary N) is 1. The van der Waals surface area contributed by atoms with E-state index in [1.807, 2.05) is 0 Å². The van der Waals surface area contributed by atoms with Crippen molar-refractivity contribution in [3.63, 3.8) is 0 Å². The smallest absolute Gasteiger partial charge is 0.264 e. The van der Waals surface area contributed by atoms with E-state index in [2.05, 4.69) is 0 Å². The molecule has 0 saturated heterocycles. The lowest BCUT2D eigenvalue weighted by atomic mass is 10.3. The Bertz CT molecular complexity index is 699. The zero-order valence-electron chi connectivity index (χ0n) is 11.0. The summed E-state index contributed by atoms with van der Waals surface area (Å²) in [7, 11) is -3.81. The molecule has 0 aliphatic heterocycles. The molecule has 0 fully saturated rings. The maximum Gasteiger partial charge on any atom is 0.264 e. The number of nitrogen functional groups attached to an aromatic ring is 1. The fraction of sp³-hybridized carbons (Fsp3) is 0.143. The van der Waals surface area contributed by atoms with Gasteiger partial charge in [0.1, 0.15) is 5.82 Å². The van der Waals surface area contributed by atoms with E-state index in [4.69, 9.17) is 5.73 Å². The second-order valence-corrected chi connectivity index (χ2v) is 6.05. The van der Waals surface area contributed by atoms with Crippen molar-refractivity contribution in [3.05, 3.63) is 54.3 Å². The van der Waals surface area contributed by atoms with Crippen LogP contribution in [0, 0.1) is 5.82 Å².